The van der Waals surface area contributed by atoms with Crippen LogP contribution in [0.4, 0.5) is 0 Å². The van der Waals surface area contributed by atoms with Gasteiger partial charge in [0.1, 0.15) is 0 Å². The van der Waals surface area contributed by atoms with Crippen molar-refractivity contribution in [1.82, 2.24) is 0 Å². The fourth-order valence-corrected chi connectivity index (χ4v) is 3.38. The van der Waals surface area contributed by atoms with Crippen LogP contribution in [-0.4, -0.2) is 43.0 Å². The SMILES string of the molecule is NCCSC1CCOC2(CCOC2)C1. The molecule has 2 rings (SSSR count). The smallest absolute Gasteiger partial charge is 0.0947 e. The average molecular weight is 217 g/mol. The van der Waals surface area contributed by atoms with Crippen molar-refractivity contribution in [2.24, 2.45) is 5.73 Å². The Bertz CT molecular complexity index is 183. The number of hydrogen-bond acceptors (Lipinski definition) is 4. The summed E-state index contributed by atoms with van der Waals surface area (Å²) in [6.45, 7) is 3.35. The highest BCUT2D eigenvalue weighted by atomic mass is 32.2. The molecule has 2 saturated heterocycles. The molecule has 2 aliphatic heterocycles. The minimum absolute atomic E-state index is 0.0600. The third kappa shape index (κ3) is 2.42. The summed E-state index contributed by atoms with van der Waals surface area (Å²) in [5.74, 6) is 1.07. The molecule has 1 spiro atoms. The standard InChI is InChI=1S/C10H19NO2S/c11-3-6-14-9-1-4-13-10(7-9)2-5-12-8-10/h9H,1-8,11H2. The summed E-state index contributed by atoms with van der Waals surface area (Å²) in [4.78, 5) is 0. The number of rotatable bonds is 3. The lowest BCUT2D eigenvalue weighted by Crippen LogP contribution is -2.41. The topological polar surface area (TPSA) is 44.5 Å². The molecule has 0 amide bonds. The molecule has 3 nitrogen and oxygen atoms in total. The predicted octanol–water partition coefficient (Wildman–Crippen LogP) is 1.02. The molecule has 0 aromatic carbocycles. The lowest BCUT2D eigenvalue weighted by molar-refractivity contribution is -0.0769. The van der Waals surface area contributed by atoms with Gasteiger partial charge in [-0.15, -0.1) is 0 Å². The van der Waals surface area contributed by atoms with Crippen molar-refractivity contribution in [1.29, 1.82) is 0 Å². The van der Waals surface area contributed by atoms with Crippen molar-refractivity contribution >= 4 is 11.8 Å². The van der Waals surface area contributed by atoms with Crippen molar-refractivity contribution < 1.29 is 9.47 Å². The minimum atomic E-state index is 0.0600. The summed E-state index contributed by atoms with van der Waals surface area (Å²) in [6, 6.07) is 0. The molecular formula is C10H19NO2S. The van der Waals surface area contributed by atoms with E-state index >= 15 is 0 Å². The van der Waals surface area contributed by atoms with E-state index in [1.165, 1.54) is 6.42 Å². The average Bonchev–Trinajstić information content (AvgIpc) is 2.63. The van der Waals surface area contributed by atoms with E-state index in [-0.39, 0.29) is 5.60 Å². The highest BCUT2D eigenvalue weighted by Crippen LogP contribution is 2.37. The Labute approximate surface area is 89.7 Å². The molecule has 2 aliphatic rings. The van der Waals surface area contributed by atoms with Crippen LogP contribution < -0.4 is 5.73 Å². The molecular weight excluding hydrogens is 198 g/mol. The van der Waals surface area contributed by atoms with E-state index in [4.69, 9.17) is 15.2 Å². The zero-order chi connectivity index (χ0) is 9.86. The Morgan fingerprint density at radius 3 is 3.07 bits per heavy atom. The third-order valence-electron chi connectivity index (χ3n) is 2.99. The largest absolute Gasteiger partial charge is 0.378 e. The van der Waals surface area contributed by atoms with Crippen molar-refractivity contribution in [3.63, 3.8) is 0 Å². The fraction of sp³-hybridized carbons (Fsp3) is 1.00. The summed E-state index contributed by atoms with van der Waals surface area (Å²) in [6.07, 6.45) is 3.40. The number of ether oxygens (including phenoxy) is 2. The molecule has 0 bridgehead atoms. The minimum Gasteiger partial charge on any atom is -0.378 e. The maximum absolute atomic E-state index is 5.87. The number of thioether (sulfide) groups is 1. The summed E-state index contributed by atoms with van der Waals surface area (Å²) < 4.78 is 11.3. The van der Waals surface area contributed by atoms with Gasteiger partial charge in [0, 0.05) is 37.2 Å². The van der Waals surface area contributed by atoms with Gasteiger partial charge in [-0.2, -0.15) is 11.8 Å². The molecule has 0 aromatic heterocycles. The molecule has 2 heterocycles. The van der Waals surface area contributed by atoms with Gasteiger partial charge in [-0.3, -0.25) is 0 Å². The van der Waals surface area contributed by atoms with E-state index < -0.39 is 0 Å². The second-order valence-corrected chi connectivity index (χ2v) is 5.52. The van der Waals surface area contributed by atoms with E-state index in [1.54, 1.807) is 0 Å². The highest BCUT2D eigenvalue weighted by molar-refractivity contribution is 7.99. The van der Waals surface area contributed by atoms with Crippen LogP contribution in [0.25, 0.3) is 0 Å². The lowest BCUT2D eigenvalue weighted by Gasteiger charge is -2.36. The molecule has 14 heavy (non-hydrogen) atoms. The molecule has 0 aromatic rings. The van der Waals surface area contributed by atoms with E-state index in [1.807, 2.05) is 11.8 Å². The van der Waals surface area contributed by atoms with E-state index in [0.717, 1.165) is 50.2 Å². The monoisotopic (exact) mass is 217 g/mol. The first-order valence-electron chi connectivity index (χ1n) is 5.38. The second-order valence-electron chi connectivity index (χ2n) is 4.11. The quantitative estimate of drug-likeness (QED) is 0.766. The highest BCUT2D eigenvalue weighted by Gasteiger charge is 2.40. The molecule has 2 atom stereocenters. The van der Waals surface area contributed by atoms with Gasteiger partial charge in [-0.05, 0) is 12.8 Å². The number of hydrogen-bond donors (Lipinski definition) is 1. The number of nitrogens with two attached hydrogens (primary N) is 1. The van der Waals surface area contributed by atoms with Gasteiger partial charge < -0.3 is 15.2 Å². The summed E-state index contributed by atoms with van der Waals surface area (Å²) >= 11 is 2.00. The van der Waals surface area contributed by atoms with Gasteiger partial charge >= 0.3 is 0 Å². The van der Waals surface area contributed by atoms with Gasteiger partial charge in [0.25, 0.3) is 0 Å². The Hall–Kier alpha value is 0.230. The van der Waals surface area contributed by atoms with Crippen molar-refractivity contribution in [3.05, 3.63) is 0 Å². The fourth-order valence-electron chi connectivity index (χ4n) is 2.22. The maximum atomic E-state index is 5.87. The van der Waals surface area contributed by atoms with Crippen molar-refractivity contribution in [2.75, 3.05) is 32.1 Å². The summed E-state index contributed by atoms with van der Waals surface area (Å²) in [5, 5.41) is 0.731. The van der Waals surface area contributed by atoms with Crippen molar-refractivity contribution in [3.8, 4) is 0 Å². The molecule has 2 N–H and O–H groups in total. The predicted molar refractivity (Wildman–Crippen MR) is 58.7 cm³/mol. The summed E-state index contributed by atoms with van der Waals surface area (Å²) in [7, 11) is 0. The molecule has 0 radical (unpaired) electrons. The molecule has 0 saturated carbocycles. The second kappa shape index (κ2) is 4.84. The van der Waals surface area contributed by atoms with E-state index in [0.29, 0.717) is 0 Å². The van der Waals surface area contributed by atoms with Gasteiger partial charge in [0.05, 0.1) is 12.2 Å². The molecule has 2 unspecified atom stereocenters. The Morgan fingerprint density at radius 2 is 2.36 bits per heavy atom. The van der Waals surface area contributed by atoms with E-state index in [9.17, 15) is 0 Å². The Kier molecular flexibility index (Phi) is 3.71. The van der Waals surface area contributed by atoms with Crippen LogP contribution in [0.15, 0.2) is 0 Å². The zero-order valence-electron chi connectivity index (χ0n) is 8.54. The molecule has 82 valence electrons. The van der Waals surface area contributed by atoms with Crippen LogP contribution in [0.1, 0.15) is 19.3 Å². The van der Waals surface area contributed by atoms with Crippen LogP contribution in [-0.2, 0) is 9.47 Å². The van der Waals surface area contributed by atoms with Crippen LogP contribution >= 0.6 is 11.8 Å². The van der Waals surface area contributed by atoms with Gasteiger partial charge in [0.15, 0.2) is 0 Å². The van der Waals surface area contributed by atoms with Gasteiger partial charge in [-0.25, -0.2) is 0 Å². The Balaban J connectivity index is 1.83. The van der Waals surface area contributed by atoms with Gasteiger partial charge in [0.2, 0.25) is 0 Å². The lowest BCUT2D eigenvalue weighted by atomic mass is 9.93. The van der Waals surface area contributed by atoms with Crippen LogP contribution in [0.2, 0.25) is 0 Å². The summed E-state index contributed by atoms with van der Waals surface area (Å²) in [5.41, 5.74) is 5.57. The Morgan fingerprint density at radius 1 is 1.43 bits per heavy atom. The van der Waals surface area contributed by atoms with Gasteiger partial charge in [-0.1, -0.05) is 0 Å². The van der Waals surface area contributed by atoms with Crippen LogP contribution in [0.3, 0.4) is 0 Å². The van der Waals surface area contributed by atoms with Crippen LogP contribution in [0, 0.1) is 0 Å². The normalized spacial score (nSPS) is 37.9. The molecule has 2 fully saturated rings. The first kappa shape index (κ1) is 10.7. The van der Waals surface area contributed by atoms with Crippen molar-refractivity contribution in [2.45, 2.75) is 30.1 Å². The molecule has 4 heteroatoms. The third-order valence-corrected chi connectivity index (χ3v) is 4.33. The first-order valence-corrected chi connectivity index (χ1v) is 6.43. The van der Waals surface area contributed by atoms with E-state index in [2.05, 4.69) is 0 Å². The first-order chi connectivity index (χ1) is 6.85. The maximum Gasteiger partial charge on any atom is 0.0947 e. The zero-order valence-corrected chi connectivity index (χ0v) is 9.35. The van der Waals surface area contributed by atoms with Crippen LogP contribution in [0.5, 0.6) is 0 Å². The molecule has 0 aliphatic carbocycles.